The number of para-hydroxylation sites is 2. The zero-order valence-electron chi connectivity index (χ0n) is 15.5. The fourth-order valence-electron chi connectivity index (χ4n) is 3.06. The monoisotopic (exact) mass is 410 g/mol. The van der Waals surface area contributed by atoms with Gasteiger partial charge in [0.15, 0.2) is 0 Å². The summed E-state index contributed by atoms with van der Waals surface area (Å²) in [5, 5.41) is 1.61. The molecule has 0 fully saturated rings. The molecule has 1 heterocycles. The first-order valence-electron chi connectivity index (χ1n) is 8.99. The minimum Gasteiger partial charge on any atom is -0.300 e. The maximum Gasteiger partial charge on any atom is 0.416 e. The van der Waals surface area contributed by atoms with Gasteiger partial charge in [0.2, 0.25) is 0 Å². The van der Waals surface area contributed by atoms with Crippen LogP contribution in [-0.4, -0.2) is 4.98 Å². The van der Waals surface area contributed by atoms with Crippen LogP contribution < -0.4 is 4.90 Å². The normalized spacial score (nSPS) is 11.4. The molecule has 0 bridgehead atoms. The van der Waals surface area contributed by atoms with E-state index in [1.807, 2.05) is 67.6 Å². The van der Waals surface area contributed by atoms with Gasteiger partial charge < -0.3 is 4.90 Å². The Morgan fingerprint density at radius 1 is 0.759 bits per heavy atom. The molecule has 0 radical (unpaired) electrons. The van der Waals surface area contributed by atoms with Crippen molar-refractivity contribution in [1.82, 2.24) is 4.98 Å². The van der Waals surface area contributed by atoms with E-state index < -0.39 is 11.7 Å². The lowest BCUT2D eigenvalue weighted by Crippen LogP contribution is -2.09. The summed E-state index contributed by atoms with van der Waals surface area (Å²) < 4.78 is 38.6. The highest BCUT2D eigenvalue weighted by molar-refractivity contribution is 7.19. The lowest BCUT2D eigenvalue weighted by molar-refractivity contribution is -0.137. The minimum atomic E-state index is -4.35. The number of aromatic nitrogens is 1. The van der Waals surface area contributed by atoms with E-state index >= 15 is 0 Å². The van der Waals surface area contributed by atoms with Crippen molar-refractivity contribution in [3.8, 4) is 10.6 Å². The highest BCUT2D eigenvalue weighted by Crippen LogP contribution is 2.42. The van der Waals surface area contributed by atoms with Crippen LogP contribution in [-0.2, 0) is 6.18 Å². The Morgan fingerprint density at radius 2 is 1.28 bits per heavy atom. The smallest absolute Gasteiger partial charge is 0.300 e. The van der Waals surface area contributed by atoms with E-state index in [0.717, 1.165) is 34.2 Å². The van der Waals surface area contributed by atoms with Gasteiger partial charge in [0.1, 0.15) is 10.0 Å². The molecule has 4 aromatic rings. The van der Waals surface area contributed by atoms with Gasteiger partial charge in [-0.1, -0.05) is 59.9 Å². The Labute approximate surface area is 170 Å². The lowest BCUT2D eigenvalue weighted by atomic mass is 10.1. The third-order valence-corrected chi connectivity index (χ3v) is 5.65. The zero-order chi connectivity index (χ0) is 20.4. The van der Waals surface area contributed by atoms with Crippen LogP contribution in [0.3, 0.4) is 0 Å². The molecule has 0 atom stereocenters. The molecule has 0 saturated heterocycles. The number of rotatable bonds is 4. The van der Waals surface area contributed by atoms with Crippen molar-refractivity contribution in [2.45, 2.75) is 13.1 Å². The first-order valence-corrected chi connectivity index (χ1v) is 9.80. The molecule has 0 aliphatic rings. The van der Waals surface area contributed by atoms with Crippen LogP contribution in [0.2, 0.25) is 0 Å². The zero-order valence-corrected chi connectivity index (χ0v) is 16.3. The summed E-state index contributed by atoms with van der Waals surface area (Å²) in [6.45, 7) is 1.91. The van der Waals surface area contributed by atoms with Gasteiger partial charge in [-0.3, -0.25) is 0 Å². The molecule has 1 aromatic heterocycles. The van der Waals surface area contributed by atoms with E-state index in [-0.39, 0.29) is 0 Å². The van der Waals surface area contributed by atoms with Crippen molar-refractivity contribution in [3.63, 3.8) is 0 Å². The third-order valence-electron chi connectivity index (χ3n) is 4.46. The molecule has 0 aliphatic heterocycles. The second-order valence-electron chi connectivity index (χ2n) is 6.49. The molecule has 6 heteroatoms. The average Bonchev–Trinajstić information content (AvgIpc) is 3.11. The summed E-state index contributed by atoms with van der Waals surface area (Å²) >= 11 is 1.46. The Hall–Kier alpha value is -3.12. The summed E-state index contributed by atoms with van der Waals surface area (Å²) in [7, 11) is 0. The first kappa shape index (κ1) is 19.2. The van der Waals surface area contributed by atoms with E-state index in [9.17, 15) is 13.2 Å². The summed E-state index contributed by atoms with van der Waals surface area (Å²) in [4.78, 5) is 6.75. The Bertz CT molecular complexity index is 1050. The number of benzene rings is 3. The number of aryl methyl sites for hydroxylation is 1. The van der Waals surface area contributed by atoms with Crippen molar-refractivity contribution >= 4 is 27.7 Å². The molecule has 29 heavy (non-hydrogen) atoms. The standard InChI is InChI=1S/C23H17F3N2S/c1-16-22(28(19-8-4-2-5-9-19)20-10-6-3-7-11-20)29-21(27-16)17-12-14-18(15-13-17)23(24,25)26/h2-15H,1H3. The summed E-state index contributed by atoms with van der Waals surface area (Å²) in [6.07, 6.45) is -4.35. The second kappa shape index (κ2) is 7.72. The van der Waals surface area contributed by atoms with Crippen LogP contribution in [0.4, 0.5) is 29.5 Å². The van der Waals surface area contributed by atoms with Gasteiger partial charge in [0.05, 0.1) is 11.3 Å². The van der Waals surface area contributed by atoms with Gasteiger partial charge in [-0.2, -0.15) is 13.2 Å². The Balaban J connectivity index is 1.77. The Kier molecular flexibility index (Phi) is 5.11. The van der Waals surface area contributed by atoms with E-state index in [1.165, 1.54) is 23.5 Å². The lowest BCUT2D eigenvalue weighted by Gasteiger charge is -2.23. The van der Waals surface area contributed by atoms with Gasteiger partial charge in [0.25, 0.3) is 0 Å². The first-order chi connectivity index (χ1) is 13.9. The molecule has 0 N–H and O–H groups in total. The fraction of sp³-hybridized carbons (Fsp3) is 0.0870. The van der Waals surface area contributed by atoms with Crippen LogP contribution >= 0.6 is 11.3 Å². The van der Waals surface area contributed by atoms with Gasteiger partial charge in [-0.25, -0.2) is 4.98 Å². The highest BCUT2D eigenvalue weighted by atomic mass is 32.1. The fourth-order valence-corrected chi connectivity index (χ4v) is 4.17. The largest absolute Gasteiger partial charge is 0.416 e. The molecule has 2 nitrogen and oxygen atoms in total. The topological polar surface area (TPSA) is 16.1 Å². The maximum absolute atomic E-state index is 12.9. The maximum atomic E-state index is 12.9. The summed E-state index contributed by atoms with van der Waals surface area (Å²) in [5.74, 6) is 0. The van der Waals surface area contributed by atoms with E-state index in [1.54, 1.807) is 0 Å². The van der Waals surface area contributed by atoms with E-state index in [2.05, 4.69) is 9.88 Å². The highest BCUT2D eigenvalue weighted by Gasteiger charge is 2.30. The van der Waals surface area contributed by atoms with Crippen molar-refractivity contribution in [2.24, 2.45) is 0 Å². The van der Waals surface area contributed by atoms with Crippen LogP contribution in [0.1, 0.15) is 11.3 Å². The molecule has 0 unspecified atom stereocenters. The molecular weight excluding hydrogens is 393 g/mol. The van der Waals surface area contributed by atoms with Crippen LogP contribution in [0.5, 0.6) is 0 Å². The van der Waals surface area contributed by atoms with Gasteiger partial charge in [0, 0.05) is 16.9 Å². The molecule has 0 aliphatic carbocycles. The average molecular weight is 410 g/mol. The molecule has 0 amide bonds. The van der Waals surface area contributed by atoms with Crippen LogP contribution in [0, 0.1) is 6.92 Å². The number of hydrogen-bond donors (Lipinski definition) is 0. The van der Waals surface area contributed by atoms with Gasteiger partial charge >= 0.3 is 6.18 Å². The third kappa shape index (κ3) is 4.03. The molecular formula is C23H17F3N2S. The number of halogens is 3. The number of alkyl halides is 3. The van der Waals surface area contributed by atoms with Crippen molar-refractivity contribution in [3.05, 3.63) is 96.2 Å². The predicted octanol–water partition coefficient (Wildman–Crippen LogP) is 7.61. The number of nitrogens with zero attached hydrogens (tertiary/aromatic N) is 2. The molecule has 4 rings (SSSR count). The van der Waals surface area contributed by atoms with Crippen molar-refractivity contribution in [2.75, 3.05) is 4.90 Å². The van der Waals surface area contributed by atoms with Crippen LogP contribution in [0.25, 0.3) is 10.6 Å². The number of thiazole rings is 1. The quantitative estimate of drug-likeness (QED) is 0.344. The van der Waals surface area contributed by atoms with E-state index in [4.69, 9.17) is 0 Å². The number of anilines is 3. The van der Waals surface area contributed by atoms with Crippen molar-refractivity contribution < 1.29 is 13.2 Å². The van der Waals surface area contributed by atoms with E-state index in [0.29, 0.717) is 10.6 Å². The van der Waals surface area contributed by atoms with Gasteiger partial charge in [-0.05, 0) is 43.3 Å². The Morgan fingerprint density at radius 3 is 1.76 bits per heavy atom. The minimum absolute atomic E-state index is 0.662. The SMILES string of the molecule is Cc1nc(-c2ccc(C(F)(F)F)cc2)sc1N(c1ccccc1)c1ccccc1. The van der Waals surface area contributed by atoms with Crippen LogP contribution in [0.15, 0.2) is 84.9 Å². The molecule has 3 aromatic carbocycles. The second-order valence-corrected chi connectivity index (χ2v) is 7.47. The predicted molar refractivity (Wildman–Crippen MR) is 112 cm³/mol. The molecule has 0 spiro atoms. The summed E-state index contributed by atoms with van der Waals surface area (Å²) in [5.41, 5.74) is 2.80. The number of hydrogen-bond acceptors (Lipinski definition) is 3. The van der Waals surface area contributed by atoms with Crippen molar-refractivity contribution in [1.29, 1.82) is 0 Å². The molecule has 0 saturated carbocycles. The summed E-state index contributed by atoms with van der Waals surface area (Å²) in [6, 6.07) is 25.0. The molecule has 146 valence electrons. The van der Waals surface area contributed by atoms with Gasteiger partial charge in [-0.15, -0.1) is 0 Å².